The Kier molecular flexibility index (Phi) is 9.84. The van der Waals surface area contributed by atoms with Gasteiger partial charge in [-0.1, -0.05) is 135 Å². The van der Waals surface area contributed by atoms with Crippen molar-refractivity contribution in [3.63, 3.8) is 0 Å². The quantitative estimate of drug-likeness (QED) is 0.0855. The molecule has 5 aromatic carbocycles. The summed E-state index contributed by atoms with van der Waals surface area (Å²) in [5.41, 5.74) is 13.2. The second kappa shape index (κ2) is 14.1. The van der Waals surface area contributed by atoms with Gasteiger partial charge in [0.15, 0.2) is 0 Å². The molecule has 5 rings (SSSR count). The summed E-state index contributed by atoms with van der Waals surface area (Å²) >= 11 is 0. The number of nitrogens with one attached hydrogen (secondary N) is 1. The summed E-state index contributed by atoms with van der Waals surface area (Å²) in [5, 5.41) is 3.84. The topological polar surface area (TPSA) is 24.4 Å². The van der Waals surface area contributed by atoms with Crippen LogP contribution < -0.4 is 5.32 Å². The van der Waals surface area contributed by atoms with Crippen LogP contribution in [0.3, 0.4) is 0 Å². The normalized spacial score (nSPS) is 12.8. The molecule has 5 aromatic rings. The van der Waals surface area contributed by atoms with E-state index in [0.29, 0.717) is 0 Å². The fourth-order valence-electron chi connectivity index (χ4n) is 5.23. The monoisotopic (exact) mass is 600 g/mol. The van der Waals surface area contributed by atoms with E-state index >= 15 is 0 Å². The third-order valence-electron chi connectivity index (χ3n) is 7.70. The van der Waals surface area contributed by atoms with Crippen molar-refractivity contribution in [3.05, 3.63) is 155 Å². The van der Waals surface area contributed by atoms with Gasteiger partial charge in [-0.2, -0.15) is 0 Å². The first kappa shape index (κ1) is 31.3. The lowest BCUT2D eigenvalue weighted by molar-refractivity contribution is 0.703. The van der Waals surface area contributed by atoms with E-state index in [9.17, 15) is 0 Å². The highest BCUT2D eigenvalue weighted by molar-refractivity contribution is 6.83. The van der Waals surface area contributed by atoms with Crippen LogP contribution in [0.15, 0.2) is 132 Å². The van der Waals surface area contributed by atoms with E-state index in [1.807, 2.05) is 24.3 Å². The molecule has 0 aliphatic rings. The molecule has 1 unspecified atom stereocenters. The first-order chi connectivity index (χ1) is 21.7. The highest BCUT2D eigenvalue weighted by atomic mass is 28.3. The van der Waals surface area contributed by atoms with Crippen LogP contribution >= 0.6 is 0 Å². The maximum absolute atomic E-state index is 5.71. The van der Waals surface area contributed by atoms with E-state index in [1.54, 1.807) is 0 Å². The summed E-state index contributed by atoms with van der Waals surface area (Å²) in [6.45, 7) is 11.1. The predicted molar refractivity (Wildman–Crippen MR) is 195 cm³/mol. The fraction of sp³-hybridized carbons (Fsp3) is 0.167. The second-order valence-electron chi connectivity index (χ2n) is 12.4. The van der Waals surface area contributed by atoms with Crippen molar-refractivity contribution in [1.29, 1.82) is 0 Å². The minimum absolute atomic E-state index is 0.0249. The Hall–Kier alpha value is -5.09. The number of rotatable bonds is 7. The van der Waals surface area contributed by atoms with Gasteiger partial charge in [0.25, 0.3) is 0 Å². The third kappa shape index (κ3) is 8.10. The van der Waals surface area contributed by atoms with Crippen molar-refractivity contribution in [3.8, 4) is 46.1 Å². The lowest BCUT2D eigenvalue weighted by Crippen LogP contribution is -2.29. The lowest BCUT2D eigenvalue weighted by Gasteiger charge is -2.24. The molecule has 45 heavy (non-hydrogen) atoms. The summed E-state index contributed by atoms with van der Waals surface area (Å²) in [5.74, 6) is 6.99. The highest BCUT2D eigenvalue weighted by Crippen LogP contribution is 2.35. The standard InChI is InChI=1S/C42H40N2Si/c1-7-33-21-25-37(26-22-33)39-19-14-20-40(38-27-23-34(24-28-38)29-30-45(4,5)6)41(39)42(43-31(2)35-15-10-8-11-16-35)44-32(3)36-17-12-9-13-18-36/h1,8-28,31-32H,2-6H3,(H,43,44)/t31-,32?/m1/s1. The van der Waals surface area contributed by atoms with E-state index in [1.165, 1.54) is 5.56 Å². The molecule has 0 amide bonds. The Labute approximate surface area is 270 Å². The SMILES string of the molecule is C#Cc1ccc(-c2cccc(-c3ccc(C#C[Si](C)(C)C)cc3)c2C(=N[C@H](C)c2ccccc2)NC(C)c2ccccc2)cc1. The summed E-state index contributed by atoms with van der Waals surface area (Å²) in [7, 11) is -1.48. The summed E-state index contributed by atoms with van der Waals surface area (Å²) in [6.07, 6.45) is 5.71. The van der Waals surface area contributed by atoms with Crippen molar-refractivity contribution in [2.24, 2.45) is 4.99 Å². The van der Waals surface area contributed by atoms with E-state index < -0.39 is 8.07 Å². The van der Waals surface area contributed by atoms with Crippen LogP contribution in [0.25, 0.3) is 22.3 Å². The molecule has 2 nitrogen and oxygen atoms in total. The molecule has 0 fully saturated rings. The predicted octanol–water partition coefficient (Wildman–Crippen LogP) is 10.1. The minimum atomic E-state index is -1.48. The maximum atomic E-state index is 5.71. The van der Waals surface area contributed by atoms with E-state index in [-0.39, 0.29) is 12.1 Å². The molecule has 1 N–H and O–H groups in total. The zero-order valence-corrected chi connectivity index (χ0v) is 27.8. The molecular weight excluding hydrogens is 561 g/mol. The van der Waals surface area contributed by atoms with Crippen LogP contribution in [0.1, 0.15) is 53.7 Å². The number of hydrogen-bond acceptors (Lipinski definition) is 1. The molecule has 2 atom stereocenters. The first-order valence-corrected chi connectivity index (χ1v) is 19.0. The van der Waals surface area contributed by atoms with E-state index in [2.05, 4.69) is 159 Å². The average molecular weight is 601 g/mol. The van der Waals surface area contributed by atoms with E-state index in [0.717, 1.165) is 50.3 Å². The van der Waals surface area contributed by atoms with Gasteiger partial charge in [-0.3, -0.25) is 4.99 Å². The maximum Gasteiger partial charge on any atom is 0.130 e. The van der Waals surface area contributed by atoms with Crippen molar-refractivity contribution in [2.75, 3.05) is 0 Å². The lowest BCUT2D eigenvalue weighted by atomic mass is 9.90. The fourth-order valence-corrected chi connectivity index (χ4v) is 5.75. The van der Waals surface area contributed by atoms with Gasteiger partial charge in [0, 0.05) is 22.7 Å². The van der Waals surface area contributed by atoms with Gasteiger partial charge in [0.2, 0.25) is 0 Å². The van der Waals surface area contributed by atoms with Crippen LogP contribution in [0.5, 0.6) is 0 Å². The Morgan fingerprint density at radius 2 is 1.16 bits per heavy atom. The summed E-state index contributed by atoms with van der Waals surface area (Å²) in [4.78, 5) is 5.42. The second-order valence-corrected chi connectivity index (χ2v) is 17.1. The number of terminal acetylenes is 1. The van der Waals surface area contributed by atoms with Crippen LogP contribution in [-0.4, -0.2) is 13.9 Å². The number of benzene rings is 5. The van der Waals surface area contributed by atoms with Gasteiger partial charge >= 0.3 is 0 Å². The average Bonchev–Trinajstić information content (AvgIpc) is 3.07. The van der Waals surface area contributed by atoms with Gasteiger partial charge < -0.3 is 5.32 Å². The molecule has 0 spiro atoms. The smallest absolute Gasteiger partial charge is 0.130 e. The van der Waals surface area contributed by atoms with Crippen molar-refractivity contribution in [2.45, 2.75) is 45.6 Å². The molecule has 222 valence electrons. The van der Waals surface area contributed by atoms with Crippen LogP contribution in [0, 0.1) is 23.8 Å². The molecule has 0 bridgehead atoms. The molecular formula is C42H40N2Si. The summed E-state index contributed by atoms with van der Waals surface area (Å²) < 4.78 is 0. The molecule has 0 aliphatic carbocycles. The molecule has 0 radical (unpaired) electrons. The number of hydrogen-bond donors (Lipinski definition) is 1. The Bertz CT molecular complexity index is 1860. The van der Waals surface area contributed by atoms with Crippen molar-refractivity contribution in [1.82, 2.24) is 5.32 Å². The molecule has 0 saturated carbocycles. The Morgan fingerprint density at radius 3 is 1.67 bits per heavy atom. The number of aliphatic imine (C=N–C) groups is 1. The van der Waals surface area contributed by atoms with Crippen molar-refractivity contribution >= 4 is 13.9 Å². The first-order valence-electron chi connectivity index (χ1n) is 15.5. The molecule has 0 aromatic heterocycles. The van der Waals surface area contributed by atoms with Crippen LogP contribution in [0.2, 0.25) is 19.6 Å². The number of amidine groups is 1. The van der Waals surface area contributed by atoms with Gasteiger partial charge in [-0.25, -0.2) is 0 Å². The van der Waals surface area contributed by atoms with Crippen LogP contribution in [-0.2, 0) is 0 Å². The van der Waals surface area contributed by atoms with Gasteiger partial charge in [-0.15, -0.1) is 12.0 Å². The van der Waals surface area contributed by atoms with Gasteiger partial charge in [0.1, 0.15) is 13.9 Å². The van der Waals surface area contributed by atoms with Crippen LogP contribution in [0.4, 0.5) is 0 Å². The highest BCUT2D eigenvalue weighted by Gasteiger charge is 2.21. The molecule has 0 aliphatic heterocycles. The third-order valence-corrected chi connectivity index (χ3v) is 8.57. The number of nitrogens with zero attached hydrogens (tertiary/aromatic N) is 1. The van der Waals surface area contributed by atoms with Gasteiger partial charge in [-0.05, 0) is 71.5 Å². The molecule has 3 heteroatoms. The summed E-state index contributed by atoms with van der Waals surface area (Å²) in [6, 6.07) is 44.2. The zero-order chi connectivity index (χ0) is 31.8. The minimum Gasteiger partial charge on any atom is -0.363 e. The largest absolute Gasteiger partial charge is 0.363 e. The molecule has 0 saturated heterocycles. The Balaban J connectivity index is 1.71. The van der Waals surface area contributed by atoms with Gasteiger partial charge in [0.05, 0.1) is 6.04 Å². The zero-order valence-electron chi connectivity index (χ0n) is 26.8. The Morgan fingerprint density at radius 1 is 0.644 bits per heavy atom. The molecule has 0 heterocycles. The van der Waals surface area contributed by atoms with Crippen molar-refractivity contribution < 1.29 is 0 Å². The van der Waals surface area contributed by atoms with E-state index in [4.69, 9.17) is 11.4 Å².